The Morgan fingerprint density at radius 3 is 2.23 bits per heavy atom. The number of benzene rings is 3. The highest BCUT2D eigenvalue weighted by atomic mass is 19.1. The van der Waals surface area contributed by atoms with Crippen LogP contribution in [-0.2, 0) is 11.8 Å². The van der Waals surface area contributed by atoms with Crippen molar-refractivity contribution in [3.63, 3.8) is 0 Å². The van der Waals surface area contributed by atoms with Crippen LogP contribution in [0.5, 0.6) is 52.0 Å². The Labute approximate surface area is 271 Å². The summed E-state index contributed by atoms with van der Waals surface area (Å²) < 4.78 is 61.9. The third-order valence-corrected chi connectivity index (χ3v) is 6.69. The number of aryl methyl sites for hydroxylation is 1. The highest BCUT2D eigenvalue weighted by Crippen LogP contribution is 2.46. The molecule has 0 saturated heterocycles. The zero-order valence-electron chi connectivity index (χ0n) is 25.5. The van der Waals surface area contributed by atoms with Gasteiger partial charge in [0.05, 0.1) is 14.2 Å². The van der Waals surface area contributed by atoms with E-state index in [0.29, 0.717) is 17.0 Å². The van der Waals surface area contributed by atoms with Crippen molar-refractivity contribution in [1.29, 1.82) is 5.41 Å². The van der Waals surface area contributed by atoms with E-state index < -0.39 is 40.9 Å². The maximum atomic E-state index is 16.2. The minimum atomic E-state index is -1.45. The number of amidine groups is 1. The molecule has 246 valence electrons. The van der Waals surface area contributed by atoms with Crippen molar-refractivity contribution in [2.75, 3.05) is 14.2 Å². The number of aliphatic carboxylic acids is 1. The molecular formula is C33H27F2N5O8. The molecule has 5 N–H and O–H groups in total. The number of carbonyl (C=O) groups is 1. The fourth-order valence-electron chi connectivity index (χ4n) is 4.39. The summed E-state index contributed by atoms with van der Waals surface area (Å²) in [4.78, 5) is 19.2. The standard InChI is InChI=1S/C33H27F2N5O8/c1-40-12-11-38-31(40)19-5-4-6-20(15-19)46-32-26(34)29(27(35)33(39-32)47-22-16-18(30(36)37)8-9-21(22)41)48-28-23(44-2)13-17(7-10-25(42)43)14-24(28)45-3/h4-16,41H,1-3H3,(H3,36,37)(H,42,43). The molecule has 3 aromatic carbocycles. The van der Waals surface area contributed by atoms with Gasteiger partial charge in [-0.25, -0.2) is 9.78 Å². The smallest absolute Gasteiger partial charge is 0.328 e. The molecular weight excluding hydrogens is 632 g/mol. The van der Waals surface area contributed by atoms with Crippen molar-refractivity contribution in [1.82, 2.24) is 14.5 Å². The average Bonchev–Trinajstić information content (AvgIpc) is 3.50. The maximum absolute atomic E-state index is 16.2. The van der Waals surface area contributed by atoms with Crippen molar-refractivity contribution in [2.24, 2.45) is 12.8 Å². The second-order valence-corrected chi connectivity index (χ2v) is 9.90. The summed E-state index contributed by atoms with van der Waals surface area (Å²) in [5.41, 5.74) is 6.62. The lowest BCUT2D eigenvalue weighted by atomic mass is 10.1. The normalized spacial score (nSPS) is 10.9. The number of nitrogens with two attached hydrogens (primary N) is 1. The van der Waals surface area contributed by atoms with Crippen molar-refractivity contribution < 1.29 is 47.5 Å². The Balaban J connectivity index is 1.64. The third-order valence-electron chi connectivity index (χ3n) is 6.69. The van der Waals surface area contributed by atoms with Gasteiger partial charge in [0.15, 0.2) is 23.0 Å². The number of nitrogen functional groups attached to an aromatic ring is 1. The molecule has 5 aromatic rings. The quantitative estimate of drug-likeness (QED) is 0.0675. The lowest BCUT2D eigenvalue weighted by Gasteiger charge is -2.18. The number of nitrogens with zero attached hydrogens (tertiary/aromatic N) is 3. The van der Waals surface area contributed by atoms with Gasteiger partial charge in [-0.3, -0.25) is 5.41 Å². The summed E-state index contributed by atoms with van der Waals surface area (Å²) in [5, 5.41) is 27.1. The van der Waals surface area contributed by atoms with Gasteiger partial charge < -0.3 is 44.2 Å². The van der Waals surface area contributed by atoms with E-state index in [-0.39, 0.29) is 40.1 Å². The van der Waals surface area contributed by atoms with E-state index in [1.54, 1.807) is 42.2 Å². The molecule has 2 aromatic heterocycles. The molecule has 0 amide bonds. The first-order valence-corrected chi connectivity index (χ1v) is 13.8. The molecule has 0 atom stereocenters. The highest BCUT2D eigenvalue weighted by molar-refractivity contribution is 5.95. The molecule has 0 spiro atoms. The molecule has 0 saturated carbocycles. The number of rotatable bonds is 12. The number of imidazole rings is 1. The third kappa shape index (κ3) is 6.94. The first-order chi connectivity index (χ1) is 23.0. The van der Waals surface area contributed by atoms with E-state index >= 15 is 8.78 Å². The number of phenols is 1. The molecule has 5 rings (SSSR count). The fraction of sp³-hybridized carbons (Fsp3) is 0.0909. The number of aromatic nitrogens is 3. The van der Waals surface area contributed by atoms with Crippen LogP contribution in [0.3, 0.4) is 0 Å². The molecule has 0 aliphatic carbocycles. The molecule has 2 heterocycles. The first kappa shape index (κ1) is 32.7. The van der Waals surface area contributed by atoms with E-state index in [4.69, 9.17) is 39.9 Å². The SMILES string of the molecule is COc1cc(C=CC(=O)O)cc(OC)c1Oc1c(F)c(Oc2cccc(-c3nccn3C)c2)nc(Oc2cc(C(=N)N)ccc2O)c1F. The van der Waals surface area contributed by atoms with Gasteiger partial charge in [-0.15, -0.1) is 0 Å². The van der Waals surface area contributed by atoms with Crippen molar-refractivity contribution in [2.45, 2.75) is 0 Å². The van der Waals surface area contributed by atoms with Gasteiger partial charge in [-0.2, -0.15) is 13.8 Å². The van der Waals surface area contributed by atoms with E-state index in [0.717, 1.165) is 12.1 Å². The number of nitrogens with one attached hydrogen (secondary N) is 1. The van der Waals surface area contributed by atoms with E-state index in [9.17, 15) is 9.90 Å². The minimum absolute atomic E-state index is 0.0745. The topological polar surface area (TPSA) is 184 Å². The lowest BCUT2D eigenvalue weighted by Crippen LogP contribution is -2.11. The molecule has 0 aliphatic heterocycles. The zero-order valence-corrected chi connectivity index (χ0v) is 25.5. The maximum Gasteiger partial charge on any atom is 0.328 e. The molecule has 0 bridgehead atoms. The Morgan fingerprint density at radius 1 is 0.938 bits per heavy atom. The van der Waals surface area contributed by atoms with Gasteiger partial charge in [0.1, 0.15) is 17.4 Å². The summed E-state index contributed by atoms with van der Waals surface area (Å²) in [6, 6.07) is 12.8. The Kier molecular flexibility index (Phi) is 9.40. The second-order valence-electron chi connectivity index (χ2n) is 9.90. The summed E-state index contributed by atoms with van der Waals surface area (Å²) in [7, 11) is 4.31. The summed E-state index contributed by atoms with van der Waals surface area (Å²) in [6.45, 7) is 0. The summed E-state index contributed by atoms with van der Waals surface area (Å²) >= 11 is 0. The largest absolute Gasteiger partial charge is 0.504 e. The number of carboxylic acids is 1. The predicted octanol–water partition coefficient (Wildman–Crippen LogP) is 6.24. The number of methoxy groups -OCH3 is 2. The highest BCUT2D eigenvalue weighted by Gasteiger charge is 2.29. The lowest BCUT2D eigenvalue weighted by molar-refractivity contribution is -0.131. The molecule has 0 unspecified atom stereocenters. The number of carboxylic acid groups (broad SMARTS) is 1. The Morgan fingerprint density at radius 2 is 1.62 bits per heavy atom. The average molecular weight is 660 g/mol. The van der Waals surface area contributed by atoms with Crippen LogP contribution in [0.2, 0.25) is 0 Å². The summed E-state index contributed by atoms with van der Waals surface area (Å²) in [5.74, 6) is -7.70. The molecule has 0 radical (unpaired) electrons. The van der Waals surface area contributed by atoms with Crippen LogP contribution in [0.15, 0.2) is 73.1 Å². The van der Waals surface area contributed by atoms with Crippen molar-refractivity contribution >= 4 is 17.9 Å². The van der Waals surface area contributed by atoms with Crippen LogP contribution >= 0.6 is 0 Å². The van der Waals surface area contributed by atoms with Crippen LogP contribution < -0.4 is 29.4 Å². The van der Waals surface area contributed by atoms with Crippen LogP contribution in [0.25, 0.3) is 17.5 Å². The van der Waals surface area contributed by atoms with Crippen molar-refractivity contribution in [3.8, 4) is 63.4 Å². The van der Waals surface area contributed by atoms with Gasteiger partial charge in [0.25, 0.3) is 11.8 Å². The Bertz CT molecular complexity index is 2040. The molecule has 15 heteroatoms. The first-order valence-electron chi connectivity index (χ1n) is 13.8. The summed E-state index contributed by atoms with van der Waals surface area (Å²) in [6.07, 6.45) is 5.48. The number of phenolic OH excluding ortho intramolecular Hbond substituents is 1. The molecule has 13 nitrogen and oxygen atoms in total. The van der Waals surface area contributed by atoms with Crippen LogP contribution in [-0.4, -0.2) is 50.8 Å². The molecule has 0 fully saturated rings. The van der Waals surface area contributed by atoms with Crippen LogP contribution in [0, 0.1) is 17.0 Å². The number of halogens is 2. The molecule has 0 aliphatic rings. The van der Waals surface area contributed by atoms with E-state index in [1.165, 1.54) is 50.6 Å². The number of ether oxygens (including phenoxy) is 5. The zero-order chi connectivity index (χ0) is 34.5. The fourth-order valence-corrected chi connectivity index (χ4v) is 4.39. The minimum Gasteiger partial charge on any atom is -0.504 e. The molecule has 48 heavy (non-hydrogen) atoms. The predicted molar refractivity (Wildman–Crippen MR) is 168 cm³/mol. The number of pyridine rings is 1. The van der Waals surface area contributed by atoms with Crippen LogP contribution in [0.1, 0.15) is 11.1 Å². The Hall–Kier alpha value is -6.64. The second kappa shape index (κ2) is 13.8. The number of hydrogen-bond acceptors (Lipinski definition) is 10. The van der Waals surface area contributed by atoms with Crippen molar-refractivity contribution in [3.05, 3.63) is 95.8 Å². The van der Waals surface area contributed by atoms with Gasteiger partial charge in [0.2, 0.25) is 23.1 Å². The number of hydrogen-bond donors (Lipinski definition) is 4. The van der Waals surface area contributed by atoms with Gasteiger partial charge in [-0.05, 0) is 54.1 Å². The van der Waals surface area contributed by atoms with Gasteiger partial charge in [-0.1, -0.05) is 12.1 Å². The monoisotopic (exact) mass is 659 g/mol. The van der Waals surface area contributed by atoms with E-state index in [1.807, 2.05) is 0 Å². The van der Waals surface area contributed by atoms with Gasteiger partial charge >= 0.3 is 5.97 Å². The number of aromatic hydroxyl groups is 1. The van der Waals surface area contributed by atoms with E-state index in [2.05, 4.69) is 9.97 Å². The van der Waals surface area contributed by atoms with Gasteiger partial charge in [0, 0.05) is 36.6 Å². The van der Waals surface area contributed by atoms with Crippen LogP contribution in [0.4, 0.5) is 8.78 Å².